The molecule has 0 bridgehead atoms. The fourth-order valence-electron chi connectivity index (χ4n) is 4.19. The van der Waals surface area contributed by atoms with Crippen molar-refractivity contribution < 1.29 is 4.74 Å². The Hall–Kier alpha value is -0.120. The molecule has 3 heteroatoms. The molecule has 0 aromatic rings. The second-order valence-electron chi connectivity index (χ2n) is 7.41. The zero-order valence-electron chi connectivity index (χ0n) is 14.2. The number of nitrogens with two attached hydrogens (primary N) is 1. The van der Waals surface area contributed by atoms with E-state index < -0.39 is 0 Å². The third kappa shape index (κ3) is 5.88. The zero-order valence-corrected chi connectivity index (χ0v) is 14.2. The van der Waals surface area contributed by atoms with E-state index in [1.54, 1.807) is 0 Å². The first-order valence-corrected chi connectivity index (χ1v) is 9.23. The monoisotopic (exact) mass is 296 g/mol. The molecule has 2 rings (SSSR count). The largest absolute Gasteiger partial charge is 0.380 e. The van der Waals surface area contributed by atoms with Crippen LogP contribution in [0.4, 0.5) is 0 Å². The van der Waals surface area contributed by atoms with Crippen molar-refractivity contribution in [1.82, 2.24) is 5.32 Å². The summed E-state index contributed by atoms with van der Waals surface area (Å²) < 4.78 is 5.45. The molecule has 3 N–H and O–H groups in total. The van der Waals surface area contributed by atoms with E-state index in [0.717, 1.165) is 30.8 Å². The lowest BCUT2D eigenvalue weighted by Crippen LogP contribution is -2.38. The van der Waals surface area contributed by atoms with Gasteiger partial charge in [0, 0.05) is 25.7 Å². The zero-order chi connectivity index (χ0) is 15.1. The Bertz CT molecular complexity index is 264. The SMILES string of the molecule is CCC(CNC1CCC(CC2CCC(N)CC2)CC1)OC. The van der Waals surface area contributed by atoms with Gasteiger partial charge in [-0.05, 0) is 76.0 Å². The van der Waals surface area contributed by atoms with E-state index in [2.05, 4.69) is 12.2 Å². The maximum Gasteiger partial charge on any atom is 0.0693 e. The summed E-state index contributed by atoms with van der Waals surface area (Å²) in [7, 11) is 1.82. The summed E-state index contributed by atoms with van der Waals surface area (Å²) in [6.45, 7) is 3.21. The van der Waals surface area contributed by atoms with E-state index in [-0.39, 0.29) is 0 Å². The minimum Gasteiger partial charge on any atom is -0.380 e. The van der Waals surface area contributed by atoms with Crippen LogP contribution in [0, 0.1) is 11.8 Å². The molecule has 0 spiro atoms. The lowest BCUT2D eigenvalue weighted by Gasteiger charge is -2.34. The molecule has 0 heterocycles. The molecule has 2 aliphatic carbocycles. The molecule has 21 heavy (non-hydrogen) atoms. The fourth-order valence-corrected chi connectivity index (χ4v) is 4.19. The van der Waals surface area contributed by atoms with E-state index in [9.17, 15) is 0 Å². The molecule has 1 atom stereocenters. The number of rotatable bonds is 7. The standard InChI is InChI=1S/C18H36N2O/c1-3-18(21-2)13-20-17-10-6-15(7-11-17)12-14-4-8-16(19)9-5-14/h14-18,20H,3-13,19H2,1-2H3. The number of hydrogen-bond donors (Lipinski definition) is 2. The molecule has 0 aromatic carbocycles. The first-order chi connectivity index (χ1) is 10.2. The van der Waals surface area contributed by atoms with Crippen molar-refractivity contribution >= 4 is 0 Å². The molecule has 124 valence electrons. The summed E-state index contributed by atoms with van der Waals surface area (Å²) in [6.07, 6.45) is 13.8. The molecule has 1 unspecified atom stereocenters. The highest BCUT2D eigenvalue weighted by Crippen LogP contribution is 2.35. The Labute approximate surface area is 131 Å². The highest BCUT2D eigenvalue weighted by molar-refractivity contribution is 4.82. The summed E-state index contributed by atoms with van der Waals surface area (Å²) >= 11 is 0. The Morgan fingerprint density at radius 3 is 2.10 bits per heavy atom. The van der Waals surface area contributed by atoms with Crippen molar-refractivity contribution in [2.75, 3.05) is 13.7 Å². The van der Waals surface area contributed by atoms with Crippen molar-refractivity contribution in [2.45, 2.75) is 89.3 Å². The highest BCUT2D eigenvalue weighted by atomic mass is 16.5. The number of nitrogens with one attached hydrogen (secondary N) is 1. The topological polar surface area (TPSA) is 47.3 Å². The van der Waals surface area contributed by atoms with Gasteiger partial charge in [0.05, 0.1) is 6.10 Å². The molecular formula is C18H36N2O. The van der Waals surface area contributed by atoms with Gasteiger partial charge in [0.25, 0.3) is 0 Å². The Morgan fingerprint density at radius 2 is 1.57 bits per heavy atom. The van der Waals surface area contributed by atoms with Crippen LogP contribution in [-0.4, -0.2) is 31.8 Å². The second kappa shape index (κ2) is 9.12. The molecule has 2 aliphatic rings. The third-order valence-corrected chi connectivity index (χ3v) is 5.83. The molecular weight excluding hydrogens is 260 g/mol. The maximum atomic E-state index is 6.01. The normalized spacial score (nSPS) is 35.6. The first kappa shape index (κ1) is 17.2. The minimum absolute atomic E-state index is 0.383. The first-order valence-electron chi connectivity index (χ1n) is 9.23. The molecule has 0 radical (unpaired) electrons. The van der Waals surface area contributed by atoms with Gasteiger partial charge in [-0.2, -0.15) is 0 Å². The molecule has 3 nitrogen and oxygen atoms in total. The van der Waals surface area contributed by atoms with Gasteiger partial charge < -0.3 is 15.8 Å². The van der Waals surface area contributed by atoms with E-state index in [1.165, 1.54) is 57.8 Å². The predicted molar refractivity (Wildman–Crippen MR) is 89.4 cm³/mol. The Morgan fingerprint density at radius 1 is 1.00 bits per heavy atom. The van der Waals surface area contributed by atoms with Crippen molar-refractivity contribution in [3.05, 3.63) is 0 Å². The van der Waals surface area contributed by atoms with Crippen LogP contribution in [0.2, 0.25) is 0 Å². The van der Waals surface area contributed by atoms with Crippen molar-refractivity contribution in [3.8, 4) is 0 Å². The van der Waals surface area contributed by atoms with E-state index in [4.69, 9.17) is 10.5 Å². The molecule has 2 saturated carbocycles. The van der Waals surface area contributed by atoms with Crippen LogP contribution in [0.15, 0.2) is 0 Å². The van der Waals surface area contributed by atoms with Crippen molar-refractivity contribution in [2.24, 2.45) is 17.6 Å². The van der Waals surface area contributed by atoms with Gasteiger partial charge in [0.15, 0.2) is 0 Å². The molecule has 2 fully saturated rings. The lowest BCUT2D eigenvalue weighted by atomic mass is 9.76. The Balaban J connectivity index is 1.59. The number of methoxy groups -OCH3 is 1. The summed E-state index contributed by atoms with van der Waals surface area (Å²) in [4.78, 5) is 0. The van der Waals surface area contributed by atoms with Gasteiger partial charge in [-0.15, -0.1) is 0 Å². The van der Waals surface area contributed by atoms with Crippen LogP contribution >= 0.6 is 0 Å². The highest BCUT2D eigenvalue weighted by Gasteiger charge is 2.26. The van der Waals surface area contributed by atoms with Crippen molar-refractivity contribution in [1.29, 1.82) is 0 Å². The van der Waals surface area contributed by atoms with E-state index in [0.29, 0.717) is 12.1 Å². The number of hydrogen-bond acceptors (Lipinski definition) is 3. The molecule has 0 amide bonds. The maximum absolute atomic E-state index is 6.01. The Kier molecular flexibility index (Phi) is 7.48. The summed E-state index contributed by atoms with van der Waals surface area (Å²) in [6, 6.07) is 1.22. The van der Waals surface area contributed by atoms with E-state index in [1.807, 2.05) is 7.11 Å². The van der Waals surface area contributed by atoms with Crippen LogP contribution in [0.1, 0.15) is 71.1 Å². The van der Waals surface area contributed by atoms with Gasteiger partial charge in [-0.3, -0.25) is 0 Å². The summed E-state index contributed by atoms with van der Waals surface area (Å²) in [5.41, 5.74) is 6.01. The fraction of sp³-hybridized carbons (Fsp3) is 1.00. The number of ether oxygens (including phenoxy) is 1. The lowest BCUT2D eigenvalue weighted by molar-refractivity contribution is 0.0926. The quantitative estimate of drug-likeness (QED) is 0.756. The summed E-state index contributed by atoms with van der Waals surface area (Å²) in [5.74, 6) is 1.95. The van der Waals surface area contributed by atoms with Crippen LogP contribution < -0.4 is 11.1 Å². The molecule has 0 aliphatic heterocycles. The van der Waals surface area contributed by atoms with Gasteiger partial charge >= 0.3 is 0 Å². The van der Waals surface area contributed by atoms with Gasteiger partial charge in [0.1, 0.15) is 0 Å². The van der Waals surface area contributed by atoms with Crippen LogP contribution in [0.25, 0.3) is 0 Å². The average Bonchev–Trinajstić information content (AvgIpc) is 2.52. The minimum atomic E-state index is 0.383. The van der Waals surface area contributed by atoms with Crippen LogP contribution in [0.3, 0.4) is 0 Å². The average molecular weight is 296 g/mol. The third-order valence-electron chi connectivity index (χ3n) is 5.83. The van der Waals surface area contributed by atoms with E-state index >= 15 is 0 Å². The van der Waals surface area contributed by atoms with Gasteiger partial charge in [0.2, 0.25) is 0 Å². The van der Waals surface area contributed by atoms with Crippen LogP contribution in [-0.2, 0) is 4.74 Å². The predicted octanol–water partition coefficient (Wildman–Crippen LogP) is 3.47. The molecule has 0 saturated heterocycles. The second-order valence-corrected chi connectivity index (χ2v) is 7.41. The smallest absolute Gasteiger partial charge is 0.0693 e. The van der Waals surface area contributed by atoms with Crippen molar-refractivity contribution in [3.63, 3.8) is 0 Å². The van der Waals surface area contributed by atoms with Crippen LogP contribution in [0.5, 0.6) is 0 Å². The molecule has 0 aromatic heterocycles. The van der Waals surface area contributed by atoms with Gasteiger partial charge in [-0.25, -0.2) is 0 Å². The van der Waals surface area contributed by atoms with Gasteiger partial charge in [-0.1, -0.05) is 6.92 Å². The summed E-state index contributed by atoms with van der Waals surface area (Å²) in [5, 5.41) is 3.71.